The molecule has 0 saturated heterocycles. The number of carbonyl (C=O) groups is 1. The molecule has 1 amide bonds. The van der Waals surface area contributed by atoms with Gasteiger partial charge in [0.25, 0.3) is 7.82 Å². The highest BCUT2D eigenvalue weighted by Gasteiger charge is 2.24. The smallest absolute Gasteiger partial charge is 0.268 e. The quantitative estimate of drug-likeness (QED) is 0.0709. The van der Waals surface area contributed by atoms with Gasteiger partial charge in [0, 0.05) is 6.42 Å². The number of unbranched alkanes of at least 4 members (excludes halogenated alkanes) is 14. The lowest BCUT2D eigenvalue weighted by molar-refractivity contribution is -0.870. The van der Waals surface area contributed by atoms with Crippen molar-refractivity contribution in [2.75, 3.05) is 40.9 Å². The number of nitrogens with zero attached hydrogens (tertiary/aromatic N) is 1. The number of rotatable bonds is 27. The van der Waals surface area contributed by atoms with Gasteiger partial charge in [-0.1, -0.05) is 110 Å². The van der Waals surface area contributed by atoms with Crippen molar-refractivity contribution in [3.05, 3.63) is 0 Å². The van der Waals surface area contributed by atoms with Gasteiger partial charge < -0.3 is 28.8 Å². The van der Waals surface area contributed by atoms with E-state index >= 15 is 0 Å². The maximum Gasteiger partial charge on any atom is 0.268 e. The number of phosphoric ester groups is 1. The van der Waals surface area contributed by atoms with Crippen molar-refractivity contribution in [2.45, 2.75) is 142 Å². The Bertz CT molecular complexity index is 614. The molecule has 3 unspecified atom stereocenters. The summed E-state index contributed by atoms with van der Waals surface area (Å²) in [4.78, 5) is 24.7. The predicted molar refractivity (Wildman–Crippen MR) is 155 cm³/mol. The summed E-state index contributed by atoms with van der Waals surface area (Å²) in [6.07, 6.45) is 18.9. The normalized spacial score (nSPS) is 15.2. The van der Waals surface area contributed by atoms with Gasteiger partial charge in [-0.25, -0.2) is 0 Å². The van der Waals surface area contributed by atoms with Gasteiger partial charge in [0.15, 0.2) is 0 Å². The van der Waals surface area contributed by atoms with E-state index in [0.717, 1.165) is 38.5 Å². The van der Waals surface area contributed by atoms with Gasteiger partial charge in [-0.2, -0.15) is 0 Å². The number of quaternary nitrogens is 1. The minimum absolute atomic E-state index is 0.0133. The Kier molecular flexibility index (Phi) is 22.9. The Balaban J connectivity index is 4.27. The van der Waals surface area contributed by atoms with Crippen molar-refractivity contribution in [2.24, 2.45) is 0 Å². The second-order valence-electron chi connectivity index (χ2n) is 11.8. The van der Waals surface area contributed by atoms with Gasteiger partial charge >= 0.3 is 0 Å². The zero-order chi connectivity index (χ0) is 28.7. The van der Waals surface area contributed by atoms with Crippen LogP contribution in [0.25, 0.3) is 0 Å². The van der Waals surface area contributed by atoms with Crippen LogP contribution in [-0.2, 0) is 18.4 Å². The molecule has 0 aliphatic heterocycles. The van der Waals surface area contributed by atoms with Gasteiger partial charge in [-0.05, 0) is 12.8 Å². The summed E-state index contributed by atoms with van der Waals surface area (Å²) >= 11 is 0. The van der Waals surface area contributed by atoms with Crippen molar-refractivity contribution in [1.29, 1.82) is 0 Å². The Morgan fingerprint density at radius 1 is 0.816 bits per heavy atom. The summed E-state index contributed by atoms with van der Waals surface area (Å²) < 4.78 is 22.8. The molecular formula is C29H61N2O6P. The molecule has 0 radical (unpaired) electrons. The lowest BCUT2D eigenvalue weighted by atomic mass is 10.0. The van der Waals surface area contributed by atoms with E-state index < -0.39 is 20.0 Å². The van der Waals surface area contributed by atoms with E-state index in [9.17, 15) is 19.4 Å². The molecule has 0 aromatic heterocycles. The molecule has 9 heteroatoms. The maximum atomic E-state index is 12.5. The first-order valence-corrected chi connectivity index (χ1v) is 16.8. The molecule has 0 bridgehead atoms. The maximum absolute atomic E-state index is 12.5. The molecule has 38 heavy (non-hydrogen) atoms. The summed E-state index contributed by atoms with van der Waals surface area (Å²) in [6.45, 7) is 4.52. The molecule has 0 rings (SSSR count). The fraction of sp³-hybridized carbons (Fsp3) is 0.966. The third kappa shape index (κ3) is 24.5. The van der Waals surface area contributed by atoms with Crippen molar-refractivity contribution < 1.29 is 32.9 Å². The van der Waals surface area contributed by atoms with Crippen LogP contribution in [0.15, 0.2) is 0 Å². The number of carbonyl (C=O) groups excluding carboxylic acids is 1. The van der Waals surface area contributed by atoms with Gasteiger partial charge in [-0.15, -0.1) is 0 Å². The van der Waals surface area contributed by atoms with Crippen LogP contribution in [0.4, 0.5) is 0 Å². The Morgan fingerprint density at radius 3 is 1.79 bits per heavy atom. The second-order valence-corrected chi connectivity index (χ2v) is 13.2. The zero-order valence-corrected chi connectivity index (χ0v) is 26.3. The standard InChI is InChI=1S/C29H61N2O6P/c1-6-8-10-11-12-13-14-15-16-17-18-19-21-23-29(33)30-27(28(32)22-20-9-7-2)26-37-38(34,35)36-25-24-31(3,4)5/h27-28,32H,6-26H2,1-5H3,(H-,30,33,34,35). The van der Waals surface area contributed by atoms with E-state index in [0.29, 0.717) is 23.9 Å². The number of hydrogen-bond donors (Lipinski definition) is 2. The Morgan fingerprint density at radius 2 is 1.29 bits per heavy atom. The molecule has 228 valence electrons. The summed E-state index contributed by atoms with van der Waals surface area (Å²) in [7, 11) is 1.30. The summed E-state index contributed by atoms with van der Waals surface area (Å²) in [5.74, 6) is -0.178. The van der Waals surface area contributed by atoms with E-state index in [1.54, 1.807) is 0 Å². The predicted octanol–water partition coefficient (Wildman–Crippen LogP) is 6.10. The van der Waals surface area contributed by atoms with E-state index in [1.165, 1.54) is 64.2 Å². The van der Waals surface area contributed by atoms with E-state index in [-0.39, 0.29) is 19.1 Å². The van der Waals surface area contributed by atoms with Gasteiger partial charge in [0.2, 0.25) is 5.91 Å². The average molecular weight is 565 g/mol. The largest absolute Gasteiger partial charge is 0.756 e. The molecule has 0 heterocycles. The molecule has 0 aromatic rings. The Hall–Kier alpha value is -0.500. The molecule has 3 atom stereocenters. The fourth-order valence-corrected chi connectivity index (χ4v) is 4.99. The van der Waals surface area contributed by atoms with Gasteiger partial charge in [0.05, 0.1) is 39.9 Å². The minimum atomic E-state index is -4.52. The minimum Gasteiger partial charge on any atom is -0.756 e. The number of nitrogens with one attached hydrogen (secondary N) is 1. The highest BCUT2D eigenvalue weighted by molar-refractivity contribution is 7.45. The number of amides is 1. The molecule has 0 aliphatic carbocycles. The van der Waals surface area contributed by atoms with E-state index in [4.69, 9.17) is 9.05 Å². The van der Waals surface area contributed by atoms with Gasteiger partial charge in [-0.3, -0.25) is 9.36 Å². The lowest BCUT2D eigenvalue weighted by Gasteiger charge is -2.30. The van der Waals surface area contributed by atoms with Crippen molar-refractivity contribution >= 4 is 13.7 Å². The number of aliphatic hydroxyl groups excluding tert-OH is 1. The van der Waals surface area contributed by atoms with E-state index in [1.807, 2.05) is 21.1 Å². The summed E-state index contributed by atoms with van der Waals surface area (Å²) in [5.41, 5.74) is 0. The number of likely N-dealkylation sites (N-methyl/N-ethyl adjacent to an activating group) is 1. The third-order valence-corrected chi connectivity index (χ3v) is 7.81. The summed E-state index contributed by atoms with van der Waals surface area (Å²) in [6, 6.07) is -0.786. The Labute approximate surface area is 234 Å². The first-order valence-electron chi connectivity index (χ1n) is 15.4. The van der Waals surface area contributed by atoms with Gasteiger partial charge in [0.1, 0.15) is 13.2 Å². The van der Waals surface area contributed by atoms with Crippen LogP contribution in [0.1, 0.15) is 129 Å². The fourth-order valence-electron chi connectivity index (χ4n) is 4.27. The average Bonchev–Trinajstić information content (AvgIpc) is 2.83. The SMILES string of the molecule is CCCCCCCCCCCCCCCC(=O)NC(COP(=O)([O-])OCC[N+](C)(C)C)C(O)CCCCC. The van der Waals surface area contributed by atoms with Crippen LogP contribution in [-0.4, -0.2) is 68.5 Å². The molecule has 0 fully saturated rings. The van der Waals surface area contributed by atoms with Crippen LogP contribution in [0.3, 0.4) is 0 Å². The highest BCUT2D eigenvalue weighted by Crippen LogP contribution is 2.38. The van der Waals surface area contributed by atoms with Crippen LogP contribution >= 0.6 is 7.82 Å². The van der Waals surface area contributed by atoms with Crippen LogP contribution in [0, 0.1) is 0 Å². The van der Waals surface area contributed by atoms with Crippen LogP contribution in [0.5, 0.6) is 0 Å². The molecule has 8 nitrogen and oxygen atoms in total. The molecule has 0 aromatic carbocycles. The number of phosphoric acid groups is 1. The molecular weight excluding hydrogens is 503 g/mol. The van der Waals surface area contributed by atoms with Crippen LogP contribution in [0.2, 0.25) is 0 Å². The lowest BCUT2D eigenvalue weighted by Crippen LogP contribution is -2.46. The van der Waals surface area contributed by atoms with Crippen molar-refractivity contribution in [3.63, 3.8) is 0 Å². The number of hydrogen-bond acceptors (Lipinski definition) is 6. The van der Waals surface area contributed by atoms with Crippen molar-refractivity contribution in [1.82, 2.24) is 5.32 Å². The highest BCUT2D eigenvalue weighted by atomic mass is 31.2. The van der Waals surface area contributed by atoms with Crippen LogP contribution < -0.4 is 10.2 Å². The first kappa shape index (κ1) is 37.5. The molecule has 0 aliphatic rings. The first-order chi connectivity index (χ1) is 18.0. The third-order valence-electron chi connectivity index (χ3n) is 6.85. The van der Waals surface area contributed by atoms with E-state index in [2.05, 4.69) is 19.2 Å². The van der Waals surface area contributed by atoms with Crippen molar-refractivity contribution in [3.8, 4) is 0 Å². The number of aliphatic hydroxyl groups is 1. The molecule has 0 saturated carbocycles. The summed E-state index contributed by atoms with van der Waals surface area (Å²) in [5, 5.41) is 13.4. The zero-order valence-electron chi connectivity index (χ0n) is 25.4. The molecule has 2 N–H and O–H groups in total. The second kappa shape index (κ2) is 23.2. The topological polar surface area (TPSA) is 108 Å². The molecule has 0 spiro atoms. The monoisotopic (exact) mass is 564 g/mol.